The molecule has 5 nitrogen and oxygen atoms in total. The Balaban J connectivity index is 1.59. The number of anilines is 2. The Morgan fingerprint density at radius 2 is 1.50 bits per heavy atom. The standard InChI is InChI=1S/C25H26N2O3/c1-16-8-12-21(13-9-16)26-25(29)20-10-14-22(15-11-20)30-19(4)24(28)27-23-7-5-6-17(2)18(23)3/h5-15,19H,1-4H3,(H,26,29)(H,27,28)/t19-/m1/s1. The Labute approximate surface area is 177 Å². The van der Waals surface area contributed by atoms with Crippen molar-refractivity contribution in [2.75, 3.05) is 10.6 Å². The molecule has 0 fully saturated rings. The zero-order valence-corrected chi connectivity index (χ0v) is 17.7. The van der Waals surface area contributed by atoms with E-state index in [-0.39, 0.29) is 11.8 Å². The van der Waals surface area contributed by atoms with Gasteiger partial charge in [-0.1, -0.05) is 29.8 Å². The molecule has 0 saturated carbocycles. The van der Waals surface area contributed by atoms with Gasteiger partial charge in [0.05, 0.1) is 0 Å². The van der Waals surface area contributed by atoms with E-state index < -0.39 is 6.10 Å². The van der Waals surface area contributed by atoms with Crippen LogP contribution in [-0.4, -0.2) is 17.9 Å². The molecule has 3 aromatic rings. The molecule has 0 aromatic heterocycles. The van der Waals surface area contributed by atoms with Gasteiger partial charge >= 0.3 is 0 Å². The van der Waals surface area contributed by atoms with E-state index in [0.717, 1.165) is 28.1 Å². The summed E-state index contributed by atoms with van der Waals surface area (Å²) in [6.07, 6.45) is -0.683. The van der Waals surface area contributed by atoms with Crippen LogP contribution < -0.4 is 15.4 Å². The van der Waals surface area contributed by atoms with E-state index in [4.69, 9.17) is 4.74 Å². The van der Waals surface area contributed by atoms with Crippen LogP contribution in [-0.2, 0) is 4.79 Å². The second kappa shape index (κ2) is 9.27. The van der Waals surface area contributed by atoms with Crippen LogP contribution in [0.15, 0.2) is 66.7 Å². The van der Waals surface area contributed by atoms with Crippen LogP contribution in [0, 0.1) is 20.8 Å². The predicted octanol–water partition coefficient (Wildman–Crippen LogP) is 5.27. The average molecular weight is 402 g/mol. The van der Waals surface area contributed by atoms with Crippen LogP contribution in [0.3, 0.4) is 0 Å². The molecule has 0 heterocycles. The Morgan fingerprint density at radius 3 is 2.17 bits per heavy atom. The highest BCUT2D eigenvalue weighted by Crippen LogP contribution is 2.20. The molecule has 1 atom stereocenters. The molecule has 5 heteroatoms. The number of carbonyl (C=O) groups excluding carboxylic acids is 2. The number of hydrogen-bond acceptors (Lipinski definition) is 3. The fraction of sp³-hybridized carbons (Fsp3) is 0.200. The maximum Gasteiger partial charge on any atom is 0.265 e. The van der Waals surface area contributed by atoms with Crippen molar-refractivity contribution in [3.05, 3.63) is 89.0 Å². The quantitative estimate of drug-likeness (QED) is 0.590. The minimum Gasteiger partial charge on any atom is -0.481 e. The Bertz CT molecular complexity index is 1040. The molecule has 0 aliphatic rings. The van der Waals surface area contributed by atoms with Gasteiger partial charge in [-0.3, -0.25) is 9.59 Å². The fourth-order valence-electron chi connectivity index (χ4n) is 2.90. The highest BCUT2D eigenvalue weighted by Gasteiger charge is 2.16. The molecule has 0 aliphatic heterocycles. The topological polar surface area (TPSA) is 67.4 Å². The van der Waals surface area contributed by atoms with Gasteiger partial charge in [-0.15, -0.1) is 0 Å². The number of hydrogen-bond donors (Lipinski definition) is 2. The molecule has 0 radical (unpaired) electrons. The van der Waals surface area contributed by atoms with E-state index in [1.807, 2.05) is 63.2 Å². The summed E-state index contributed by atoms with van der Waals surface area (Å²) < 4.78 is 5.74. The summed E-state index contributed by atoms with van der Waals surface area (Å²) in [6, 6.07) is 20.1. The van der Waals surface area contributed by atoms with Crippen LogP contribution >= 0.6 is 0 Å². The van der Waals surface area contributed by atoms with Gasteiger partial charge in [0.25, 0.3) is 11.8 Å². The van der Waals surface area contributed by atoms with Crippen LogP contribution in [0.1, 0.15) is 34.0 Å². The van der Waals surface area contributed by atoms with Crippen molar-refractivity contribution < 1.29 is 14.3 Å². The molecule has 0 aliphatic carbocycles. The molecular formula is C25H26N2O3. The zero-order valence-electron chi connectivity index (χ0n) is 17.7. The van der Waals surface area contributed by atoms with E-state index in [9.17, 15) is 9.59 Å². The summed E-state index contributed by atoms with van der Waals surface area (Å²) in [4.78, 5) is 24.9. The summed E-state index contributed by atoms with van der Waals surface area (Å²) in [6.45, 7) is 7.66. The van der Waals surface area contributed by atoms with Gasteiger partial charge in [0, 0.05) is 16.9 Å². The number of aryl methyl sites for hydroxylation is 2. The molecule has 3 aromatic carbocycles. The van der Waals surface area contributed by atoms with E-state index in [2.05, 4.69) is 10.6 Å². The molecule has 0 unspecified atom stereocenters. The van der Waals surface area contributed by atoms with E-state index in [0.29, 0.717) is 11.3 Å². The van der Waals surface area contributed by atoms with E-state index in [1.54, 1.807) is 31.2 Å². The van der Waals surface area contributed by atoms with Gasteiger partial charge in [0.1, 0.15) is 5.75 Å². The molecule has 0 saturated heterocycles. The molecule has 154 valence electrons. The maximum atomic E-state index is 12.5. The lowest BCUT2D eigenvalue weighted by atomic mass is 10.1. The Morgan fingerprint density at radius 1 is 0.833 bits per heavy atom. The van der Waals surface area contributed by atoms with Crippen LogP contribution in [0.5, 0.6) is 5.75 Å². The van der Waals surface area contributed by atoms with Crippen molar-refractivity contribution in [2.24, 2.45) is 0 Å². The van der Waals surface area contributed by atoms with Crippen LogP contribution in [0.4, 0.5) is 11.4 Å². The number of nitrogens with one attached hydrogen (secondary N) is 2. The number of amides is 2. The van der Waals surface area contributed by atoms with Gasteiger partial charge in [-0.05, 0) is 81.3 Å². The first-order valence-electron chi connectivity index (χ1n) is 9.85. The van der Waals surface area contributed by atoms with Gasteiger partial charge in [0.2, 0.25) is 0 Å². The van der Waals surface area contributed by atoms with Crippen molar-refractivity contribution in [3.63, 3.8) is 0 Å². The number of carbonyl (C=O) groups is 2. The smallest absolute Gasteiger partial charge is 0.265 e. The van der Waals surface area contributed by atoms with Gasteiger partial charge in [-0.25, -0.2) is 0 Å². The largest absolute Gasteiger partial charge is 0.481 e. The molecular weight excluding hydrogens is 376 g/mol. The Hall–Kier alpha value is -3.60. The average Bonchev–Trinajstić information content (AvgIpc) is 2.73. The zero-order chi connectivity index (χ0) is 21.7. The fourth-order valence-corrected chi connectivity index (χ4v) is 2.90. The lowest BCUT2D eigenvalue weighted by Crippen LogP contribution is -2.30. The lowest BCUT2D eigenvalue weighted by molar-refractivity contribution is -0.122. The maximum absolute atomic E-state index is 12.5. The number of benzene rings is 3. The monoisotopic (exact) mass is 402 g/mol. The number of ether oxygens (including phenoxy) is 1. The van der Waals surface area contributed by atoms with Gasteiger partial charge in [-0.2, -0.15) is 0 Å². The third-order valence-electron chi connectivity index (χ3n) is 4.97. The summed E-state index contributed by atoms with van der Waals surface area (Å²) in [7, 11) is 0. The first-order chi connectivity index (χ1) is 14.3. The molecule has 3 rings (SSSR count). The predicted molar refractivity (Wildman–Crippen MR) is 120 cm³/mol. The normalized spacial score (nSPS) is 11.5. The third-order valence-corrected chi connectivity index (χ3v) is 4.97. The van der Waals surface area contributed by atoms with Crippen LogP contribution in [0.2, 0.25) is 0 Å². The van der Waals surface area contributed by atoms with Gasteiger partial charge in [0.15, 0.2) is 6.10 Å². The van der Waals surface area contributed by atoms with Crippen molar-refractivity contribution in [1.29, 1.82) is 0 Å². The lowest BCUT2D eigenvalue weighted by Gasteiger charge is -2.16. The van der Waals surface area contributed by atoms with Crippen molar-refractivity contribution in [2.45, 2.75) is 33.8 Å². The summed E-state index contributed by atoms with van der Waals surface area (Å²) >= 11 is 0. The van der Waals surface area contributed by atoms with Crippen LogP contribution in [0.25, 0.3) is 0 Å². The molecule has 30 heavy (non-hydrogen) atoms. The summed E-state index contributed by atoms with van der Waals surface area (Å²) in [5, 5.41) is 5.76. The highest BCUT2D eigenvalue weighted by atomic mass is 16.5. The summed E-state index contributed by atoms with van der Waals surface area (Å²) in [5.74, 6) is 0.0847. The second-order valence-electron chi connectivity index (χ2n) is 7.34. The van der Waals surface area contributed by atoms with E-state index in [1.165, 1.54) is 0 Å². The third kappa shape index (κ3) is 5.26. The van der Waals surface area contributed by atoms with Crippen molar-refractivity contribution in [3.8, 4) is 5.75 Å². The first-order valence-corrected chi connectivity index (χ1v) is 9.85. The van der Waals surface area contributed by atoms with Crippen molar-refractivity contribution in [1.82, 2.24) is 0 Å². The summed E-state index contributed by atoms with van der Waals surface area (Å²) in [5.41, 5.74) is 5.30. The Kier molecular flexibility index (Phi) is 6.52. The number of rotatable bonds is 6. The molecule has 0 spiro atoms. The molecule has 2 N–H and O–H groups in total. The minimum atomic E-state index is -0.683. The SMILES string of the molecule is Cc1ccc(NC(=O)c2ccc(O[C@H](C)C(=O)Nc3cccc(C)c3C)cc2)cc1. The minimum absolute atomic E-state index is 0.203. The van der Waals surface area contributed by atoms with E-state index >= 15 is 0 Å². The first kappa shape index (κ1) is 21.1. The van der Waals surface area contributed by atoms with Gasteiger partial charge < -0.3 is 15.4 Å². The molecule has 2 amide bonds. The highest BCUT2D eigenvalue weighted by molar-refractivity contribution is 6.04. The second-order valence-corrected chi connectivity index (χ2v) is 7.34. The molecule has 0 bridgehead atoms. The van der Waals surface area contributed by atoms with Crippen molar-refractivity contribution >= 4 is 23.2 Å².